The van der Waals surface area contributed by atoms with Crippen LogP contribution < -0.4 is 4.90 Å². The third kappa shape index (κ3) is 4.14. The summed E-state index contributed by atoms with van der Waals surface area (Å²) in [5.41, 5.74) is 2.69. The average molecular weight is 359 g/mol. The van der Waals surface area contributed by atoms with Gasteiger partial charge in [-0.05, 0) is 48.9 Å². The second-order valence-corrected chi connectivity index (χ2v) is 7.22. The molecule has 0 spiro atoms. The summed E-state index contributed by atoms with van der Waals surface area (Å²) in [4.78, 5) is 2.64. The molecule has 0 radical (unpaired) electrons. The molecule has 1 saturated carbocycles. The van der Waals surface area contributed by atoms with Crippen LogP contribution in [0, 0.1) is 5.92 Å². The molecule has 0 amide bonds. The molecule has 0 aromatic heterocycles. The monoisotopic (exact) mass is 357 g/mol. The molecule has 0 unspecified atom stereocenters. The van der Waals surface area contributed by atoms with Gasteiger partial charge in [0.1, 0.15) is 0 Å². The molecule has 0 bridgehead atoms. The lowest BCUT2D eigenvalue weighted by molar-refractivity contribution is 0.528. The third-order valence-corrected chi connectivity index (χ3v) is 5.05. The number of hydrogen-bond acceptors (Lipinski definition) is 1. The van der Waals surface area contributed by atoms with Gasteiger partial charge in [-0.25, -0.2) is 0 Å². The number of anilines is 1. The summed E-state index contributed by atoms with van der Waals surface area (Å²) >= 11 is 9.76. The fourth-order valence-corrected chi connectivity index (χ4v) is 3.70. The zero-order chi connectivity index (χ0) is 14.5. The minimum atomic E-state index is 0.715. The van der Waals surface area contributed by atoms with Crippen LogP contribution in [0.4, 0.5) is 5.69 Å². The number of alkyl halides is 1. The number of halogens is 2. The van der Waals surface area contributed by atoms with Gasteiger partial charge in [0.25, 0.3) is 0 Å². The molecule has 0 N–H and O–H groups in total. The smallest absolute Gasteiger partial charge is 0.0410 e. The van der Waals surface area contributed by atoms with E-state index in [2.05, 4.69) is 46.8 Å². The first-order chi connectivity index (χ1) is 9.61. The van der Waals surface area contributed by atoms with Crippen molar-refractivity contribution in [3.63, 3.8) is 0 Å². The highest BCUT2D eigenvalue weighted by atomic mass is 79.9. The van der Waals surface area contributed by atoms with Crippen molar-refractivity contribution in [1.82, 2.24) is 0 Å². The number of benzene rings is 1. The highest BCUT2D eigenvalue weighted by Crippen LogP contribution is 2.33. The molecule has 20 heavy (non-hydrogen) atoms. The van der Waals surface area contributed by atoms with Gasteiger partial charge in [-0.2, -0.15) is 0 Å². The summed E-state index contributed by atoms with van der Waals surface area (Å²) in [5.74, 6) is 0.749. The molecule has 1 aliphatic rings. The molecule has 1 aliphatic carbocycles. The molecule has 1 fully saturated rings. The fraction of sp³-hybridized carbons (Fsp3) is 0.647. The minimum absolute atomic E-state index is 0.715. The van der Waals surface area contributed by atoms with Gasteiger partial charge >= 0.3 is 0 Å². The molecule has 0 saturated heterocycles. The van der Waals surface area contributed by atoms with Crippen LogP contribution in [-0.4, -0.2) is 12.6 Å². The Bertz CT molecular complexity index is 427. The van der Waals surface area contributed by atoms with Crippen molar-refractivity contribution in [2.24, 2.45) is 5.92 Å². The molecular formula is C17H25BrClN. The van der Waals surface area contributed by atoms with Gasteiger partial charge in [-0.1, -0.05) is 54.2 Å². The predicted molar refractivity (Wildman–Crippen MR) is 93.1 cm³/mol. The lowest BCUT2D eigenvalue weighted by Gasteiger charge is -2.33. The lowest BCUT2D eigenvalue weighted by Crippen LogP contribution is -2.35. The van der Waals surface area contributed by atoms with Crippen molar-refractivity contribution in [2.75, 3.05) is 11.4 Å². The normalized spacial score (nSPS) is 16.1. The minimum Gasteiger partial charge on any atom is -0.368 e. The molecule has 1 nitrogen and oxygen atoms in total. The Morgan fingerprint density at radius 3 is 2.60 bits per heavy atom. The molecule has 112 valence electrons. The zero-order valence-electron chi connectivity index (χ0n) is 12.5. The molecule has 1 aromatic rings. The maximum Gasteiger partial charge on any atom is 0.0410 e. The molecule has 0 atom stereocenters. The van der Waals surface area contributed by atoms with E-state index in [1.165, 1.54) is 43.4 Å². The van der Waals surface area contributed by atoms with Gasteiger partial charge in [0.2, 0.25) is 0 Å². The van der Waals surface area contributed by atoms with E-state index in [0.717, 1.165) is 22.8 Å². The predicted octanol–water partition coefficient (Wildman–Crippen LogP) is 6.03. The summed E-state index contributed by atoms with van der Waals surface area (Å²) in [6.07, 6.45) is 6.67. The van der Waals surface area contributed by atoms with E-state index in [1.807, 2.05) is 6.07 Å². The highest BCUT2D eigenvalue weighted by molar-refractivity contribution is 9.08. The van der Waals surface area contributed by atoms with Crippen LogP contribution in [0.2, 0.25) is 5.02 Å². The van der Waals surface area contributed by atoms with Crippen molar-refractivity contribution in [1.29, 1.82) is 0 Å². The van der Waals surface area contributed by atoms with Crippen molar-refractivity contribution in [3.05, 3.63) is 28.8 Å². The lowest BCUT2D eigenvalue weighted by atomic mass is 10.1. The summed E-state index contributed by atoms with van der Waals surface area (Å²) in [5, 5.41) is 1.70. The van der Waals surface area contributed by atoms with Gasteiger partial charge in [0.15, 0.2) is 0 Å². The molecule has 0 heterocycles. The molecule has 1 aromatic carbocycles. The first kappa shape index (κ1) is 16.2. The summed E-state index contributed by atoms with van der Waals surface area (Å²) in [7, 11) is 0. The van der Waals surface area contributed by atoms with Crippen LogP contribution >= 0.6 is 27.5 Å². The maximum absolute atomic E-state index is 6.15. The Morgan fingerprint density at radius 1 is 1.30 bits per heavy atom. The SMILES string of the molecule is CC(C)CCN(c1ccc(Cl)cc1CBr)C1CCCC1. The van der Waals surface area contributed by atoms with Crippen LogP contribution in [-0.2, 0) is 5.33 Å². The second kappa shape index (κ2) is 7.70. The van der Waals surface area contributed by atoms with Crippen molar-refractivity contribution < 1.29 is 0 Å². The Morgan fingerprint density at radius 2 is 2.00 bits per heavy atom. The van der Waals surface area contributed by atoms with Crippen molar-refractivity contribution in [3.8, 4) is 0 Å². The standard InChI is InChI=1S/C17H25BrClN/c1-13(2)9-10-20(16-5-3-4-6-16)17-8-7-15(19)11-14(17)12-18/h7-8,11,13,16H,3-6,9-10,12H2,1-2H3. The molecule has 2 rings (SSSR count). The second-order valence-electron chi connectivity index (χ2n) is 6.22. The van der Waals surface area contributed by atoms with Crippen LogP contribution in [0.25, 0.3) is 0 Å². The topological polar surface area (TPSA) is 3.24 Å². The van der Waals surface area contributed by atoms with Crippen LogP contribution in [0.1, 0.15) is 51.5 Å². The Labute approximate surface area is 136 Å². The van der Waals surface area contributed by atoms with E-state index in [9.17, 15) is 0 Å². The quantitative estimate of drug-likeness (QED) is 0.561. The van der Waals surface area contributed by atoms with Gasteiger partial charge < -0.3 is 4.90 Å². The molecule has 3 heteroatoms. The van der Waals surface area contributed by atoms with E-state index >= 15 is 0 Å². The number of hydrogen-bond donors (Lipinski definition) is 0. The van der Waals surface area contributed by atoms with E-state index in [1.54, 1.807) is 0 Å². The summed E-state index contributed by atoms with van der Waals surface area (Å²) in [6, 6.07) is 7.05. The van der Waals surface area contributed by atoms with Gasteiger partial charge in [0.05, 0.1) is 0 Å². The van der Waals surface area contributed by atoms with E-state index in [4.69, 9.17) is 11.6 Å². The Balaban J connectivity index is 2.24. The van der Waals surface area contributed by atoms with Gasteiger partial charge in [-0.15, -0.1) is 0 Å². The molecule has 0 aliphatic heterocycles. The third-order valence-electron chi connectivity index (χ3n) is 4.21. The first-order valence-electron chi connectivity index (χ1n) is 7.73. The number of nitrogens with zero attached hydrogens (tertiary/aromatic N) is 1. The zero-order valence-corrected chi connectivity index (χ0v) is 14.9. The van der Waals surface area contributed by atoms with Crippen LogP contribution in [0.5, 0.6) is 0 Å². The van der Waals surface area contributed by atoms with Crippen LogP contribution in [0.15, 0.2) is 18.2 Å². The Hall–Kier alpha value is -0.210. The first-order valence-corrected chi connectivity index (χ1v) is 9.22. The van der Waals surface area contributed by atoms with E-state index in [-0.39, 0.29) is 0 Å². The fourth-order valence-electron chi connectivity index (χ4n) is 3.05. The van der Waals surface area contributed by atoms with Gasteiger partial charge in [-0.3, -0.25) is 0 Å². The van der Waals surface area contributed by atoms with Crippen molar-refractivity contribution in [2.45, 2.75) is 57.3 Å². The highest BCUT2D eigenvalue weighted by Gasteiger charge is 2.24. The largest absolute Gasteiger partial charge is 0.368 e. The maximum atomic E-state index is 6.15. The van der Waals surface area contributed by atoms with E-state index < -0.39 is 0 Å². The van der Waals surface area contributed by atoms with Crippen molar-refractivity contribution >= 4 is 33.2 Å². The molecular weight excluding hydrogens is 334 g/mol. The number of rotatable bonds is 6. The van der Waals surface area contributed by atoms with E-state index in [0.29, 0.717) is 6.04 Å². The Kier molecular flexibility index (Phi) is 6.22. The van der Waals surface area contributed by atoms with Crippen LogP contribution in [0.3, 0.4) is 0 Å². The average Bonchev–Trinajstić information content (AvgIpc) is 2.94. The van der Waals surface area contributed by atoms with Gasteiger partial charge in [0, 0.05) is 28.6 Å². The summed E-state index contributed by atoms with van der Waals surface area (Å²) < 4.78 is 0. The summed E-state index contributed by atoms with van der Waals surface area (Å²) in [6.45, 7) is 5.77.